The van der Waals surface area contributed by atoms with Crippen molar-refractivity contribution in [3.05, 3.63) is 29.3 Å². The van der Waals surface area contributed by atoms with Crippen LogP contribution in [-0.2, 0) is 11.2 Å². The fraction of sp³-hybridized carbons (Fsp3) is 0.650. The fourth-order valence-corrected chi connectivity index (χ4v) is 4.92. The van der Waals surface area contributed by atoms with Crippen molar-refractivity contribution in [1.29, 1.82) is 0 Å². The number of hydrogen-bond acceptors (Lipinski definition) is 3. The Morgan fingerprint density at radius 2 is 2.00 bits per heavy atom. The molecule has 0 unspecified atom stereocenters. The maximum Gasteiger partial charge on any atom is 0.223 e. The van der Waals surface area contributed by atoms with Crippen molar-refractivity contribution in [3.63, 3.8) is 0 Å². The normalized spacial score (nSPS) is 27.0. The van der Waals surface area contributed by atoms with E-state index in [0.717, 1.165) is 31.7 Å². The summed E-state index contributed by atoms with van der Waals surface area (Å²) < 4.78 is 5.54. The van der Waals surface area contributed by atoms with Gasteiger partial charge < -0.3 is 14.5 Å². The van der Waals surface area contributed by atoms with E-state index in [1.54, 1.807) is 7.11 Å². The lowest BCUT2D eigenvalue weighted by molar-refractivity contribution is -0.129. The van der Waals surface area contributed by atoms with Gasteiger partial charge in [-0.25, -0.2) is 0 Å². The van der Waals surface area contributed by atoms with E-state index >= 15 is 0 Å². The Kier molecular flexibility index (Phi) is 4.49. The van der Waals surface area contributed by atoms with Crippen LogP contribution in [0.25, 0.3) is 0 Å². The van der Waals surface area contributed by atoms with Gasteiger partial charge in [0.15, 0.2) is 0 Å². The van der Waals surface area contributed by atoms with Crippen molar-refractivity contribution >= 4 is 5.91 Å². The van der Waals surface area contributed by atoms with Crippen LogP contribution in [0.4, 0.5) is 0 Å². The highest BCUT2D eigenvalue weighted by Gasteiger charge is 2.43. The Morgan fingerprint density at radius 1 is 1.17 bits per heavy atom. The van der Waals surface area contributed by atoms with E-state index in [1.807, 2.05) is 6.07 Å². The molecule has 3 aliphatic rings. The number of ether oxygens (including phenoxy) is 1. The molecule has 0 bridgehead atoms. The molecule has 1 aliphatic carbocycles. The molecule has 2 aliphatic heterocycles. The van der Waals surface area contributed by atoms with Crippen LogP contribution in [0.2, 0.25) is 0 Å². The van der Waals surface area contributed by atoms with Gasteiger partial charge >= 0.3 is 0 Å². The molecule has 0 radical (unpaired) electrons. The van der Waals surface area contributed by atoms with Crippen LogP contribution in [0.3, 0.4) is 0 Å². The third-order valence-electron chi connectivity index (χ3n) is 6.16. The van der Waals surface area contributed by atoms with Gasteiger partial charge in [0.05, 0.1) is 7.11 Å². The second kappa shape index (κ2) is 6.75. The minimum Gasteiger partial charge on any atom is -0.496 e. The van der Waals surface area contributed by atoms with Crippen LogP contribution in [0.1, 0.15) is 49.1 Å². The molecule has 0 saturated carbocycles. The van der Waals surface area contributed by atoms with Crippen LogP contribution >= 0.6 is 0 Å². The maximum absolute atomic E-state index is 12.7. The van der Waals surface area contributed by atoms with Crippen LogP contribution in [0.15, 0.2) is 18.2 Å². The predicted octanol–water partition coefficient (Wildman–Crippen LogP) is 2.81. The summed E-state index contributed by atoms with van der Waals surface area (Å²) >= 11 is 0. The van der Waals surface area contributed by atoms with E-state index in [4.69, 9.17) is 4.74 Å². The predicted molar refractivity (Wildman–Crippen MR) is 94.5 cm³/mol. The molecule has 0 N–H and O–H groups in total. The molecule has 4 rings (SSSR count). The molecule has 4 heteroatoms. The lowest BCUT2D eigenvalue weighted by atomic mass is 9.79. The van der Waals surface area contributed by atoms with Crippen LogP contribution < -0.4 is 4.74 Å². The van der Waals surface area contributed by atoms with E-state index in [-0.39, 0.29) is 0 Å². The van der Waals surface area contributed by atoms with Gasteiger partial charge in [0.1, 0.15) is 5.75 Å². The molecule has 0 aromatic heterocycles. The molecule has 4 nitrogen and oxygen atoms in total. The van der Waals surface area contributed by atoms with Gasteiger partial charge in [-0.15, -0.1) is 0 Å². The van der Waals surface area contributed by atoms with Crippen LogP contribution in [0.5, 0.6) is 5.75 Å². The Balaban J connectivity index is 1.48. The quantitative estimate of drug-likeness (QED) is 0.852. The lowest BCUT2D eigenvalue weighted by Crippen LogP contribution is -2.43. The summed E-state index contributed by atoms with van der Waals surface area (Å²) in [6.45, 7) is 4.35. The number of carbonyl (C=O) groups is 1. The number of piperidine rings is 1. The van der Waals surface area contributed by atoms with Crippen molar-refractivity contribution in [2.75, 3.05) is 33.3 Å². The minimum absolute atomic E-state index is 0.345. The Morgan fingerprint density at radius 3 is 2.79 bits per heavy atom. The number of fused-ring (bicyclic) bond motifs is 3. The van der Waals surface area contributed by atoms with Crippen LogP contribution in [0, 0.1) is 0 Å². The van der Waals surface area contributed by atoms with E-state index in [1.165, 1.54) is 43.5 Å². The SMILES string of the molecule is COc1cccc2c1CC[C@H]1[C@@H]2CC(=O)N1CCN1CCCCC1. The van der Waals surface area contributed by atoms with Gasteiger partial charge in [-0.05, 0) is 56.0 Å². The highest BCUT2D eigenvalue weighted by Crippen LogP contribution is 2.44. The zero-order valence-corrected chi connectivity index (χ0v) is 14.7. The number of likely N-dealkylation sites (tertiary alicyclic amines) is 2. The van der Waals surface area contributed by atoms with Gasteiger partial charge in [0.2, 0.25) is 5.91 Å². The Bertz CT molecular complexity index is 610. The van der Waals surface area contributed by atoms with E-state index in [2.05, 4.69) is 21.9 Å². The zero-order valence-electron chi connectivity index (χ0n) is 14.7. The number of benzene rings is 1. The molecule has 24 heavy (non-hydrogen) atoms. The number of methoxy groups -OCH3 is 1. The van der Waals surface area contributed by atoms with Crippen molar-refractivity contribution < 1.29 is 9.53 Å². The first kappa shape index (κ1) is 15.9. The molecule has 0 spiro atoms. The first-order chi connectivity index (χ1) is 11.8. The third kappa shape index (κ3) is 2.81. The van der Waals surface area contributed by atoms with E-state index < -0.39 is 0 Å². The van der Waals surface area contributed by atoms with Gasteiger partial charge in [-0.2, -0.15) is 0 Å². The summed E-state index contributed by atoms with van der Waals surface area (Å²) in [7, 11) is 1.74. The molecular formula is C20H28N2O2. The molecule has 1 aromatic rings. The number of nitrogens with zero attached hydrogens (tertiary/aromatic N) is 2. The number of rotatable bonds is 4. The summed E-state index contributed by atoms with van der Waals surface area (Å²) in [6.07, 6.45) is 6.76. The average Bonchev–Trinajstić information content (AvgIpc) is 2.96. The number of amides is 1. The fourth-order valence-electron chi connectivity index (χ4n) is 4.92. The molecule has 130 valence electrons. The molecule has 1 amide bonds. The number of hydrogen-bond donors (Lipinski definition) is 0. The minimum atomic E-state index is 0.345. The molecule has 2 heterocycles. The standard InChI is InChI=1S/C20H28N2O2/c1-24-19-7-5-6-15-16(19)8-9-18-17(15)14-20(23)22(18)13-12-21-10-3-2-4-11-21/h5-7,17-18H,2-4,8-14H2,1H3/t17-,18+/m1/s1. The average molecular weight is 328 g/mol. The highest BCUT2D eigenvalue weighted by molar-refractivity contribution is 5.81. The van der Waals surface area contributed by atoms with E-state index in [9.17, 15) is 4.79 Å². The van der Waals surface area contributed by atoms with Crippen molar-refractivity contribution in [3.8, 4) is 5.75 Å². The Labute approximate surface area is 144 Å². The van der Waals surface area contributed by atoms with Gasteiger partial charge in [-0.1, -0.05) is 18.6 Å². The summed E-state index contributed by atoms with van der Waals surface area (Å²) in [6, 6.07) is 6.71. The zero-order chi connectivity index (χ0) is 16.5. The summed E-state index contributed by atoms with van der Waals surface area (Å²) in [5.74, 6) is 1.69. The molecule has 1 aromatic carbocycles. The van der Waals surface area contributed by atoms with Crippen molar-refractivity contribution in [2.45, 2.75) is 50.5 Å². The van der Waals surface area contributed by atoms with Crippen molar-refractivity contribution in [1.82, 2.24) is 9.80 Å². The summed E-state index contributed by atoms with van der Waals surface area (Å²) in [5, 5.41) is 0. The summed E-state index contributed by atoms with van der Waals surface area (Å²) in [5.41, 5.74) is 2.67. The molecular weight excluding hydrogens is 300 g/mol. The second-order valence-corrected chi connectivity index (χ2v) is 7.43. The van der Waals surface area contributed by atoms with Crippen molar-refractivity contribution in [2.24, 2.45) is 0 Å². The smallest absolute Gasteiger partial charge is 0.223 e. The van der Waals surface area contributed by atoms with Gasteiger partial charge in [0, 0.05) is 31.5 Å². The largest absolute Gasteiger partial charge is 0.496 e. The third-order valence-corrected chi connectivity index (χ3v) is 6.16. The first-order valence-corrected chi connectivity index (χ1v) is 9.45. The maximum atomic E-state index is 12.7. The lowest BCUT2D eigenvalue weighted by Gasteiger charge is -2.35. The topological polar surface area (TPSA) is 32.8 Å². The molecule has 2 saturated heterocycles. The van der Waals surface area contributed by atoms with Crippen LogP contribution in [-0.4, -0.2) is 55.0 Å². The van der Waals surface area contributed by atoms with Gasteiger partial charge in [0.25, 0.3) is 0 Å². The summed E-state index contributed by atoms with van der Waals surface area (Å²) in [4.78, 5) is 17.4. The molecule has 2 atom stereocenters. The highest BCUT2D eigenvalue weighted by atomic mass is 16.5. The second-order valence-electron chi connectivity index (χ2n) is 7.43. The van der Waals surface area contributed by atoms with Gasteiger partial charge in [-0.3, -0.25) is 4.79 Å². The molecule has 2 fully saturated rings. The Hall–Kier alpha value is -1.55. The van der Waals surface area contributed by atoms with E-state index in [0.29, 0.717) is 24.3 Å². The first-order valence-electron chi connectivity index (χ1n) is 9.45. The monoisotopic (exact) mass is 328 g/mol. The number of carbonyl (C=O) groups excluding carboxylic acids is 1.